The van der Waals surface area contributed by atoms with Crippen molar-refractivity contribution in [3.05, 3.63) is 24.3 Å². The summed E-state index contributed by atoms with van der Waals surface area (Å²) in [7, 11) is 0. The second-order valence-electron chi connectivity index (χ2n) is 3.78. The van der Waals surface area contributed by atoms with Crippen LogP contribution in [0.3, 0.4) is 0 Å². The van der Waals surface area contributed by atoms with E-state index in [-0.39, 0.29) is 17.9 Å². The predicted molar refractivity (Wildman–Crippen MR) is 61.7 cm³/mol. The Morgan fingerprint density at radius 1 is 1.35 bits per heavy atom. The van der Waals surface area contributed by atoms with Crippen LogP contribution in [0.25, 0.3) is 0 Å². The quantitative estimate of drug-likeness (QED) is 0.778. The lowest BCUT2D eigenvalue weighted by molar-refractivity contribution is -0.118. The van der Waals surface area contributed by atoms with Gasteiger partial charge in [-0.3, -0.25) is 4.79 Å². The summed E-state index contributed by atoms with van der Waals surface area (Å²) in [6, 6.07) is 6.62. The minimum atomic E-state index is -0.273. The Labute approximate surface area is 99.3 Å². The molecular formula is C12H15NO4. The molecule has 2 N–H and O–H groups in total. The standard InChI is InChI=1S/C12H15NO4/c14-10-4-2-1-3-9(10)13-11(15)5-6-12-16-7-8-17-12/h1-4,12,14H,5-8H2,(H,13,15). The van der Waals surface area contributed by atoms with Crippen LogP contribution in [0.1, 0.15) is 12.8 Å². The molecule has 2 rings (SSSR count). The molecule has 0 unspecified atom stereocenters. The molecule has 1 aliphatic rings. The fraction of sp³-hybridized carbons (Fsp3) is 0.417. The average Bonchev–Trinajstić information content (AvgIpc) is 2.82. The van der Waals surface area contributed by atoms with E-state index in [0.717, 1.165) is 0 Å². The van der Waals surface area contributed by atoms with Gasteiger partial charge in [0.05, 0.1) is 18.9 Å². The van der Waals surface area contributed by atoms with Crippen LogP contribution in [0.15, 0.2) is 24.3 Å². The lowest BCUT2D eigenvalue weighted by Gasteiger charge is -2.09. The van der Waals surface area contributed by atoms with Gasteiger partial charge in [0.25, 0.3) is 0 Å². The maximum absolute atomic E-state index is 11.6. The smallest absolute Gasteiger partial charge is 0.224 e. The lowest BCUT2D eigenvalue weighted by Crippen LogP contribution is -2.16. The molecule has 0 atom stereocenters. The van der Waals surface area contributed by atoms with Crippen LogP contribution in [-0.2, 0) is 14.3 Å². The van der Waals surface area contributed by atoms with Crippen LogP contribution in [-0.4, -0.2) is 30.5 Å². The topological polar surface area (TPSA) is 67.8 Å². The van der Waals surface area contributed by atoms with Crippen molar-refractivity contribution in [1.82, 2.24) is 0 Å². The molecule has 0 spiro atoms. The molecule has 5 nitrogen and oxygen atoms in total. The zero-order valence-corrected chi connectivity index (χ0v) is 9.39. The number of aromatic hydroxyl groups is 1. The van der Waals surface area contributed by atoms with Crippen LogP contribution in [0.2, 0.25) is 0 Å². The Kier molecular flexibility index (Phi) is 3.95. The highest BCUT2D eigenvalue weighted by Gasteiger charge is 2.17. The summed E-state index contributed by atoms with van der Waals surface area (Å²) >= 11 is 0. The first kappa shape index (κ1) is 11.9. The summed E-state index contributed by atoms with van der Waals surface area (Å²) in [4.78, 5) is 11.6. The summed E-state index contributed by atoms with van der Waals surface area (Å²) in [6.07, 6.45) is 0.559. The Bertz CT molecular complexity index is 388. The van der Waals surface area contributed by atoms with E-state index >= 15 is 0 Å². The average molecular weight is 237 g/mol. The number of rotatable bonds is 4. The van der Waals surface area contributed by atoms with Gasteiger partial charge >= 0.3 is 0 Å². The Morgan fingerprint density at radius 3 is 2.76 bits per heavy atom. The van der Waals surface area contributed by atoms with Crippen molar-refractivity contribution in [1.29, 1.82) is 0 Å². The predicted octanol–water partition coefficient (Wildman–Crippen LogP) is 1.48. The fourth-order valence-corrected chi connectivity index (χ4v) is 1.61. The van der Waals surface area contributed by atoms with Gasteiger partial charge in [-0.1, -0.05) is 12.1 Å². The molecule has 1 saturated heterocycles. The van der Waals surface area contributed by atoms with E-state index in [2.05, 4.69) is 5.32 Å². The maximum Gasteiger partial charge on any atom is 0.224 e. The molecular weight excluding hydrogens is 222 g/mol. The van der Waals surface area contributed by atoms with Gasteiger partial charge in [0.1, 0.15) is 5.75 Å². The van der Waals surface area contributed by atoms with Crippen molar-refractivity contribution in [3.63, 3.8) is 0 Å². The largest absolute Gasteiger partial charge is 0.506 e. The first-order valence-electron chi connectivity index (χ1n) is 5.57. The monoisotopic (exact) mass is 237 g/mol. The van der Waals surface area contributed by atoms with Gasteiger partial charge in [-0.05, 0) is 12.1 Å². The molecule has 1 amide bonds. The third-order valence-corrected chi connectivity index (χ3v) is 2.48. The Hall–Kier alpha value is -1.59. The van der Waals surface area contributed by atoms with Crippen LogP contribution in [0, 0.1) is 0 Å². The third-order valence-electron chi connectivity index (χ3n) is 2.48. The lowest BCUT2D eigenvalue weighted by atomic mass is 10.2. The number of hydrogen-bond acceptors (Lipinski definition) is 4. The molecule has 1 aromatic carbocycles. The number of benzene rings is 1. The van der Waals surface area contributed by atoms with Crippen molar-refractivity contribution < 1.29 is 19.4 Å². The number of anilines is 1. The van der Waals surface area contributed by atoms with Crippen LogP contribution in [0.5, 0.6) is 5.75 Å². The van der Waals surface area contributed by atoms with Crippen molar-refractivity contribution in [2.75, 3.05) is 18.5 Å². The molecule has 0 aliphatic carbocycles. The van der Waals surface area contributed by atoms with Gasteiger partial charge in [-0.25, -0.2) is 0 Å². The summed E-state index contributed by atoms with van der Waals surface area (Å²) in [5, 5.41) is 12.1. The number of phenolic OH excluding ortho intramolecular Hbond substituents is 1. The normalized spacial score (nSPS) is 16.0. The molecule has 0 radical (unpaired) electrons. The van der Waals surface area contributed by atoms with E-state index < -0.39 is 0 Å². The molecule has 5 heteroatoms. The van der Waals surface area contributed by atoms with Crippen LogP contribution in [0.4, 0.5) is 5.69 Å². The molecule has 0 saturated carbocycles. The minimum absolute atomic E-state index is 0.0641. The second kappa shape index (κ2) is 5.65. The summed E-state index contributed by atoms with van der Waals surface area (Å²) in [6.45, 7) is 1.18. The molecule has 0 aromatic heterocycles. The van der Waals surface area contributed by atoms with Crippen LogP contribution < -0.4 is 5.32 Å². The zero-order chi connectivity index (χ0) is 12.1. The number of carbonyl (C=O) groups is 1. The third kappa shape index (κ3) is 3.44. The highest BCUT2D eigenvalue weighted by Crippen LogP contribution is 2.22. The highest BCUT2D eigenvalue weighted by molar-refractivity contribution is 5.92. The van der Waals surface area contributed by atoms with Crippen molar-refractivity contribution in [2.45, 2.75) is 19.1 Å². The molecule has 1 heterocycles. The number of amides is 1. The number of ether oxygens (including phenoxy) is 2. The molecule has 0 bridgehead atoms. The fourth-order valence-electron chi connectivity index (χ4n) is 1.61. The van der Waals surface area contributed by atoms with E-state index in [0.29, 0.717) is 31.7 Å². The highest BCUT2D eigenvalue weighted by atomic mass is 16.7. The van der Waals surface area contributed by atoms with E-state index in [4.69, 9.17) is 9.47 Å². The number of carbonyl (C=O) groups excluding carboxylic acids is 1. The maximum atomic E-state index is 11.6. The van der Waals surface area contributed by atoms with Gasteiger partial charge in [0, 0.05) is 12.8 Å². The summed E-state index contributed by atoms with van der Waals surface area (Å²) < 4.78 is 10.5. The molecule has 1 aromatic rings. The minimum Gasteiger partial charge on any atom is -0.506 e. The number of hydrogen-bond donors (Lipinski definition) is 2. The first-order valence-corrected chi connectivity index (χ1v) is 5.57. The number of phenols is 1. The Balaban J connectivity index is 1.79. The number of para-hydroxylation sites is 2. The van der Waals surface area contributed by atoms with Crippen LogP contribution >= 0.6 is 0 Å². The van der Waals surface area contributed by atoms with Gasteiger partial charge in [0.15, 0.2) is 6.29 Å². The summed E-state index contributed by atoms with van der Waals surface area (Å²) in [5.74, 6) is -0.0974. The van der Waals surface area contributed by atoms with Crippen molar-refractivity contribution in [3.8, 4) is 5.75 Å². The SMILES string of the molecule is O=C(CCC1OCCO1)Nc1ccccc1O. The number of nitrogens with one attached hydrogen (secondary N) is 1. The van der Waals surface area contributed by atoms with Gasteiger partial charge in [-0.15, -0.1) is 0 Å². The van der Waals surface area contributed by atoms with E-state index in [1.807, 2.05) is 0 Å². The van der Waals surface area contributed by atoms with E-state index in [1.54, 1.807) is 18.2 Å². The molecule has 1 aliphatic heterocycles. The Morgan fingerprint density at radius 2 is 2.06 bits per heavy atom. The van der Waals surface area contributed by atoms with E-state index in [1.165, 1.54) is 6.07 Å². The second-order valence-corrected chi connectivity index (χ2v) is 3.78. The molecule has 92 valence electrons. The van der Waals surface area contributed by atoms with Gasteiger partial charge in [-0.2, -0.15) is 0 Å². The van der Waals surface area contributed by atoms with Crippen molar-refractivity contribution in [2.24, 2.45) is 0 Å². The van der Waals surface area contributed by atoms with Gasteiger partial charge in [0.2, 0.25) is 5.91 Å². The molecule has 17 heavy (non-hydrogen) atoms. The summed E-state index contributed by atoms with van der Waals surface area (Å²) in [5.41, 5.74) is 0.422. The first-order chi connectivity index (χ1) is 8.25. The van der Waals surface area contributed by atoms with Crippen molar-refractivity contribution >= 4 is 11.6 Å². The van der Waals surface area contributed by atoms with Gasteiger partial charge < -0.3 is 19.9 Å². The van der Waals surface area contributed by atoms with E-state index in [9.17, 15) is 9.90 Å². The zero-order valence-electron chi connectivity index (χ0n) is 9.39. The molecule has 1 fully saturated rings.